The van der Waals surface area contributed by atoms with Crippen LogP contribution in [0.3, 0.4) is 0 Å². The highest BCUT2D eigenvalue weighted by Crippen LogP contribution is 2.26. The summed E-state index contributed by atoms with van der Waals surface area (Å²) in [5.74, 6) is -0.361. The van der Waals surface area contributed by atoms with Crippen molar-refractivity contribution in [2.45, 2.75) is 26.9 Å². The molecule has 0 saturated carbocycles. The van der Waals surface area contributed by atoms with Gasteiger partial charge in [-0.1, -0.05) is 35.3 Å². The Morgan fingerprint density at radius 2 is 1.57 bits per heavy atom. The molecule has 0 atom stereocenters. The summed E-state index contributed by atoms with van der Waals surface area (Å²) < 4.78 is 32.2. The van der Waals surface area contributed by atoms with Crippen molar-refractivity contribution < 1.29 is 8.78 Å². The maximum Gasteiger partial charge on any atom is 0.176 e. The molecule has 0 fully saturated rings. The number of hydrogen-bond donors (Lipinski definition) is 2. The van der Waals surface area contributed by atoms with E-state index in [1.165, 1.54) is 12.1 Å². The van der Waals surface area contributed by atoms with Gasteiger partial charge in [-0.15, -0.1) is 0 Å². The Hall–Kier alpha value is -2.53. The lowest BCUT2D eigenvalue weighted by molar-refractivity contribution is 0.579. The molecule has 12 heteroatoms. The number of halogens is 5. The zero-order valence-electron chi connectivity index (χ0n) is 18.5. The van der Waals surface area contributed by atoms with E-state index in [-0.39, 0.29) is 18.2 Å². The quantitative estimate of drug-likeness (QED) is 0.235. The van der Waals surface area contributed by atoms with Crippen molar-refractivity contribution in [1.29, 1.82) is 0 Å². The van der Waals surface area contributed by atoms with E-state index in [9.17, 15) is 8.78 Å². The first-order chi connectivity index (χ1) is 16.6. The maximum absolute atomic E-state index is 14.2. The monoisotopic (exact) mass is 598 g/mol. The molecule has 2 aromatic heterocycles. The predicted molar refractivity (Wildman–Crippen MR) is 142 cm³/mol. The molecule has 182 valence electrons. The lowest BCUT2D eigenvalue weighted by atomic mass is 10.2. The van der Waals surface area contributed by atoms with E-state index in [4.69, 9.17) is 35.4 Å². The van der Waals surface area contributed by atoms with E-state index < -0.39 is 11.6 Å². The molecular formula is C23H19BrCl2F2N6S. The average Bonchev–Trinajstić information content (AvgIpc) is 3.26. The van der Waals surface area contributed by atoms with Gasteiger partial charge < -0.3 is 10.6 Å². The molecular weight excluding hydrogens is 581 g/mol. The molecule has 0 saturated heterocycles. The summed E-state index contributed by atoms with van der Waals surface area (Å²) in [4.78, 5) is 0. The first-order valence-electron chi connectivity index (χ1n) is 10.3. The van der Waals surface area contributed by atoms with Gasteiger partial charge in [0.2, 0.25) is 0 Å². The fourth-order valence-corrected chi connectivity index (χ4v) is 4.58. The van der Waals surface area contributed by atoms with Gasteiger partial charge in [0.15, 0.2) is 10.9 Å². The van der Waals surface area contributed by atoms with Crippen LogP contribution < -0.4 is 10.6 Å². The van der Waals surface area contributed by atoms with E-state index in [1.807, 2.05) is 13.8 Å². The summed E-state index contributed by atoms with van der Waals surface area (Å²) in [5, 5.41) is 16.0. The Balaban J connectivity index is 1.48. The summed E-state index contributed by atoms with van der Waals surface area (Å²) in [6.45, 7) is 3.99. The Kier molecular flexibility index (Phi) is 7.75. The summed E-state index contributed by atoms with van der Waals surface area (Å²) in [5.41, 5.74) is 2.81. The van der Waals surface area contributed by atoms with Crippen LogP contribution in [-0.4, -0.2) is 24.7 Å². The van der Waals surface area contributed by atoms with Crippen LogP contribution in [0.1, 0.15) is 22.5 Å². The van der Waals surface area contributed by atoms with Crippen molar-refractivity contribution in [1.82, 2.24) is 19.6 Å². The zero-order valence-corrected chi connectivity index (χ0v) is 22.5. The summed E-state index contributed by atoms with van der Waals surface area (Å²) in [6.07, 6.45) is 1.69. The molecule has 0 radical (unpaired) electrons. The lowest BCUT2D eigenvalue weighted by Crippen LogP contribution is -2.20. The molecule has 0 aliphatic heterocycles. The number of nitrogens with zero attached hydrogens (tertiary/aromatic N) is 4. The van der Waals surface area contributed by atoms with Crippen LogP contribution >= 0.6 is 51.3 Å². The number of hydrogen-bond acceptors (Lipinski definition) is 3. The fraction of sp³-hybridized carbons (Fsp3) is 0.174. The van der Waals surface area contributed by atoms with Crippen molar-refractivity contribution in [2.75, 3.05) is 10.6 Å². The van der Waals surface area contributed by atoms with Gasteiger partial charge in [0.05, 0.1) is 34.6 Å². The third-order valence-corrected chi connectivity index (χ3v) is 6.81. The van der Waals surface area contributed by atoms with Crippen LogP contribution in [-0.2, 0) is 13.1 Å². The van der Waals surface area contributed by atoms with E-state index in [1.54, 1.807) is 39.8 Å². The van der Waals surface area contributed by atoms with Crippen LogP contribution in [0.2, 0.25) is 10.0 Å². The van der Waals surface area contributed by atoms with Crippen LogP contribution in [0.15, 0.2) is 47.1 Å². The Morgan fingerprint density at radius 3 is 2.17 bits per heavy atom. The average molecular weight is 600 g/mol. The van der Waals surface area contributed by atoms with Crippen LogP contribution in [0.4, 0.5) is 20.3 Å². The highest BCUT2D eigenvalue weighted by Gasteiger charge is 2.17. The summed E-state index contributed by atoms with van der Waals surface area (Å²) >= 11 is 21.2. The van der Waals surface area contributed by atoms with Crippen molar-refractivity contribution in [3.8, 4) is 0 Å². The number of aryl methyl sites for hydroxylation is 1. The molecule has 6 nitrogen and oxygen atoms in total. The minimum absolute atomic E-state index is 0.148. The molecule has 2 aromatic carbocycles. The smallest absolute Gasteiger partial charge is 0.176 e. The third-order valence-electron chi connectivity index (χ3n) is 5.32. The molecule has 0 amide bonds. The number of thiocarbonyl (C=S) groups is 1. The molecule has 0 aliphatic rings. The minimum Gasteiger partial charge on any atom is -0.329 e. The van der Waals surface area contributed by atoms with Gasteiger partial charge >= 0.3 is 0 Å². The van der Waals surface area contributed by atoms with Crippen molar-refractivity contribution in [3.05, 3.63) is 91.3 Å². The van der Waals surface area contributed by atoms with Crippen molar-refractivity contribution in [2.24, 2.45) is 0 Å². The predicted octanol–water partition coefficient (Wildman–Crippen LogP) is 6.95. The normalized spacial score (nSPS) is 11.1. The Bertz CT molecular complexity index is 1380. The van der Waals surface area contributed by atoms with Crippen LogP contribution in [0.5, 0.6) is 0 Å². The minimum atomic E-state index is -0.407. The van der Waals surface area contributed by atoms with Gasteiger partial charge in [-0.2, -0.15) is 10.2 Å². The molecule has 0 unspecified atom stereocenters. The first kappa shape index (κ1) is 25.6. The SMILES string of the molecule is Cc1nn(Cc2c(F)cccc2Cl)c(C)c1NC(=S)Nc1nn(Cc2c(F)cccc2Cl)cc1Br. The molecule has 4 rings (SSSR count). The van der Waals surface area contributed by atoms with Crippen molar-refractivity contribution in [3.63, 3.8) is 0 Å². The van der Waals surface area contributed by atoms with E-state index in [2.05, 4.69) is 36.8 Å². The Morgan fingerprint density at radius 1 is 0.971 bits per heavy atom. The van der Waals surface area contributed by atoms with E-state index in [0.29, 0.717) is 42.8 Å². The van der Waals surface area contributed by atoms with Gasteiger partial charge in [-0.3, -0.25) is 9.36 Å². The van der Waals surface area contributed by atoms with Gasteiger partial charge in [0, 0.05) is 27.4 Å². The highest BCUT2D eigenvalue weighted by molar-refractivity contribution is 9.10. The molecule has 0 spiro atoms. The second kappa shape index (κ2) is 10.6. The molecule has 0 aliphatic carbocycles. The number of aromatic nitrogens is 4. The fourth-order valence-electron chi connectivity index (χ4n) is 3.53. The van der Waals surface area contributed by atoms with Gasteiger partial charge in [0.1, 0.15) is 11.6 Å². The largest absolute Gasteiger partial charge is 0.329 e. The third kappa shape index (κ3) is 5.66. The number of rotatable bonds is 6. The number of nitrogens with one attached hydrogen (secondary N) is 2. The summed E-state index contributed by atoms with van der Waals surface area (Å²) in [7, 11) is 0. The van der Waals surface area contributed by atoms with Gasteiger partial charge in [-0.05, 0) is 66.3 Å². The number of benzene rings is 2. The molecule has 2 heterocycles. The maximum atomic E-state index is 14.2. The van der Waals surface area contributed by atoms with Gasteiger partial charge in [0.25, 0.3) is 0 Å². The molecule has 4 aromatic rings. The molecule has 35 heavy (non-hydrogen) atoms. The lowest BCUT2D eigenvalue weighted by Gasteiger charge is -2.11. The molecule has 2 N–H and O–H groups in total. The van der Waals surface area contributed by atoms with Crippen LogP contribution in [0, 0.1) is 25.5 Å². The molecule has 0 bridgehead atoms. The summed E-state index contributed by atoms with van der Waals surface area (Å²) in [6, 6.07) is 9.09. The first-order valence-corrected chi connectivity index (χ1v) is 12.3. The second-order valence-corrected chi connectivity index (χ2v) is 9.78. The van der Waals surface area contributed by atoms with Crippen LogP contribution in [0.25, 0.3) is 0 Å². The van der Waals surface area contributed by atoms with Gasteiger partial charge in [-0.25, -0.2) is 8.78 Å². The highest BCUT2D eigenvalue weighted by atomic mass is 79.9. The number of anilines is 2. The van der Waals surface area contributed by atoms with Crippen molar-refractivity contribution >= 4 is 68.0 Å². The topological polar surface area (TPSA) is 59.7 Å². The second-order valence-electron chi connectivity index (χ2n) is 7.71. The zero-order chi connectivity index (χ0) is 25.3. The standard InChI is InChI=1S/C23H19BrCl2F2N6S/c1-12-21(13(2)34(31-12)10-15-18(26)6-4-8-20(15)28)29-23(35)30-22-16(24)11-33(32-22)9-14-17(25)5-3-7-19(14)27/h3-8,11H,9-10H2,1-2H3,(H2,29,30,32,35). The Labute approximate surface area is 224 Å². The van der Waals surface area contributed by atoms with E-state index >= 15 is 0 Å². The van der Waals surface area contributed by atoms with E-state index in [0.717, 1.165) is 5.69 Å².